The Hall–Kier alpha value is -3.51. The number of aliphatic carboxylic acids is 1. The topological polar surface area (TPSA) is 220 Å². The molecule has 3 unspecified atom stereocenters. The number of carbonyl (C=O) groups excluding carboxylic acids is 4. The van der Waals surface area contributed by atoms with Gasteiger partial charge in [-0.05, 0) is 24.9 Å². The Kier molecular flexibility index (Phi) is 12.1. The number of carboxylic acid groups (broad SMARTS) is 1. The molecular weight excluding hydrogens is 432 g/mol. The fourth-order valence-corrected chi connectivity index (χ4v) is 2.95. The third-order valence-electron chi connectivity index (χ3n) is 4.67. The summed E-state index contributed by atoms with van der Waals surface area (Å²) in [5.41, 5.74) is 17.3. The van der Waals surface area contributed by atoms with Gasteiger partial charge < -0.3 is 38.3 Å². The number of hydrogen-bond donors (Lipinski definition) is 7. The van der Waals surface area contributed by atoms with Crippen LogP contribution in [0.1, 0.15) is 31.2 Å². The van der Waals surface area contributed by atoms with Gasteiger partial charge in [-0.15, -0.1) is 0 Å². The lowest BCUT2D eigenvalue weighted by atomic mass is 10.0. The summed E-state index contributed by atoms with van der Waals surface area (Å²) in [5, 5.41) is 15.8. The molecule has 12 heteroatoms. The van der Waals surface area contributed by atoms with Gasteiger partial charge in [-0.1, -0.05) is 36.8 Å². The van der Waals surface area contributed by atoms with Crippen molar-refractivity contribution in [2.75, 3.05) is 13.1 Å². The van der Waals surface area contributed by atoms with Gasteiger partial charge in [-0.25, -0.2) is 0 Å². The van der Waals surface area contributed by atoms with Crippen molar-refractivity contribution < 1.29 is 29.1 Å². The summed E-state index contributed by atoms with van der Waals surface area (Å²) in [4.78, 5) is 59.9. The molecular formula is C21H32N6O6. The summed E-state index contributed by atoms with van der Waals surface area (Å²) >= 11 is 0. The Morgan fingerprint density at radius 1 is 0.909 bits per heavy atom. The van der Waals surface area contributed by atoms with Crippen molar-refractivity contribution >= 4 is 29.6 Å². The second-order valence-electron chi connectivity index (χ2n) is 7.49. The van der Waals surface area contributed by atoms with E-state index in [-0.39, 0.29) is 6.42 Å². The van der Waals surface area contributed by atoms with E-state index in [1.54, 1.807) is 30.3 Å². The summed E-state index contributed by atoms with van der Waals surface area (Å²) in [5.74, 6) is -4.38. The van der Waals surface area contributed by atoms with E-state index < -0.39 is 60.7 Å². The highest BCUT2D eigenvalue weighted by Crippen LogP contribution is 2.06. The smallest absolute Gasteiger partial charge is 0.322 e. The molecule has 0 heterocycles. The number of carbonyl (C=O) groups is 5. The second kappa shape index (κ2) is 14.5. The van der Waals surface area contributed by atoms with Gasteiger partial charge in [0.05, 0.1) is 12.5 Å². The lowest BCUT2D eigenvalue weighted by molar-refractivity contribution is -0.138. The first kappa shape index (κ1) is 27.5. The minimum atomic E-state index is -1.41. The summed E-state index contributed by atoms with van der Waals surface area (Å²) in [6, 6.07) is 5.45. The van der Waals surface area contributed by atoms with E-state index in [2.05, 4.69) is 16.0 Å². The van der Waals surface area contributed by atoms with Crippen LogP contribution in [-0.2, 0) is 30.4 Å². The van der Waals surface area contributed by atoms with Crippen LogP contribution < -0.4 is 33.2 Å². The van der Waals surface area contributed by atoms with Crippen LogP contribution in [-0.4, -0.2) is 65.9 Å². The van der Waals surface area contributed by atoms with Gasteiger partial charge in [-0.2, -0.15) is 0 Å². The zero-order valence-corrected chi connectivity index (χ0v) is 18.3. The molecule has 0 aliphatic carbocycles. The maximum Gasteiger partial charge on any atom is 0.322 e. The van der Waals surface area contributed by atoms with E-state index in [0.717, 1.165) is 5.56 Å². The van der Waals surface area contributed by atoms with Gasteiger partial charge in [0.1, 0.15) is 18.6 Å². The second-order valence-corrected chi connectivity index (χ2v) is 7.49. The lowest BCUT2D eigenvalue weighted by Crippen LogP contribution is -2.57. The molecule has 182 valence electrons. The van der Waals surface area contributed by atoms with Crippen molar-refractivity contribution in [1.29, 1.82) is 0 Å². The number of nitrogens with one attached hydrogen (secondary N) is 3. The van der Waals surface area contributed by atoms with Crippen LogP contribution in [0.5, 0.6) is 0 Å². The highest BCUT2D eigenvalue weighted by molar-refractivity contribution is 5.95. The molecule has 0 saturated heterocycles. The Labute approximate surface area is 191 Å². The average molecular weight is 465 g/mol. The number of unbranched alkanes of at least 4 members (excludes halogenated alkanes) is 1. The number of primary amides is 1. The van der Waals surface area contributed by atoms with Crippen molar-refractivity contribution in [3.8, 4) is 0 Å². The van der Waals surface area contributed by atoms with Crippen LogP contribution >= 0.6 is 0 Å². The average Bonchev–Trinajstić information content (AvgIpc) is 2.76. The van der Waals surface area contributed by atoms with Gasteiger partial charge in [0.15, 0.2) is 0 Å². The number of rotatable bonds is 15. The van der Waals surface area contributed by atoms with Crippen LogP contribution in [0.2, 0.25) is 0 Å². The first-order chi connectivity index (χ1) is 15.6. The summed E-state index contributed by atoms with van der Waals surface area (Å²) < 4.78 is 0. The normalized spacial score (nSPS) is 13.3. The van der Waals surface area contributed by atoms with Crippen molar-refractivity contribution in [1.82, 2.24) is 16.0 Å². The van der Waals surface area contributed by atoms with Crippen molar-refractivity contribution in [2.24, 2.45) is 17.2 Å². The summed E-state index contributed by atoms with van der Waals surface area (Å²) in [7, 11) is 0. The SMILES string of the molecule is NCCCCC(N)C(=O)NC(Cc1ccccc1)C(=O)NC(CC(N)=O)C(=O)NCC(=O)O. The fourth-order valence-electron chi connectivity index (χ4n) is 2.95. The maximum atomic E-state index is 13.0. The standard InChI is InChI=1S/C21H32N6O6/c22-9-5-4-8-14(23)19(31)26-15(10-13-6-2-1-3-7-13)21(33)27-16(11-17(24)28)20(32)25-12-18(29)30/h1-3,6-7,14-16H,4-5,8-12,22-23H2,(H2,24,28)(H,25,32)(H,26,31)(H,27,33)(H,29,30). The molecule has 1 aromatic rings. The van der Waals surface area contributed by atoms with Crippen molar-refractivity contribution in [3.05, 3.63) is 35.9 Å². The molecule has 1 aromatic carbocycles. The Balaban J connectivity index is 2.97. The van der Waals surface area contributed by atoms with Gasteiger partial charge in [0, 0.05) is 6.42 Å². The van der Waals surface area contributed by atoms with Crippen molar-refractivity contribution in [2.45, 2.75) is 50.2 Å². The van der Waals surface area contributed by atoms with Gasteiger partial charge in [-0.3, -0.25) is 24.0 Å². The molecule has 0 bridgehead atoms. The van der Waals surface area contributed by atoms with E-state index in [4.69, 9.17) is 22.3 Å². The molecule has 0 spiro atoms. The number of benzene rings is 1. The van der Waals surface area contributed by atoms with Crippen LogP contribution in [0.25, 0.3) is 0 Å². The molecule has 0 aliphatic rings. The first-order valence-electron chi connectivity index (χ1n) is 10.5. The minimum absolute atomic E-state index is 0.0912. The number of carboxylic acids is 1. The van der Waals surface area contributed by atoms with Crippen LogP contribution in [0, 0.1) is 0 Å². The largest absolute Gasteiger partial charge is 0.480 e. The van der Waals surface area contributed by atoms with Crippen LogP contribution in [0.3, 0.4) is 0 Å². The molecule has 0 aliphatic heterocycles. The van der Waals surface area contributed by atoms with Gasteiger partial charge >= 0.3 is 5.97 Å². The van der Waals surface area contributed by atoms with E-state index in [1.165, 1.54) is 0 Å². The highest BCUT2D eigenvalue weighted by atomic mass is 16.4. The molecule has 3 atom stereocenters. The Morgan fingerprint density at radius 2 is 1.55 bits per heavy atom. The lowest BCUT2D eigenvalue weighted by Gasteiger charge is -2.24. The number of amides is 4. The predicted molar refractivity (Wildman–Crippen MR) is 119 cm³/mol. The van der Waals surface area contributed by atoms with E-state index in [0.29, 0.717) is 25.8 Å². The third kappa shape index (κ3) is 11.1. The highest BCUT2D eigenvalue weighted by Gasteiger charge is 2.29. The van der Waals surface area contributed by atoms with Gasteiger partial charge in [0.2, 0.25) is 23.6 Å². The zero-order chi connectivity index (χ0) is 24.8. The molecule has 0 aromatic heterocycles. The first-order valence-corrected chi connectivity index (χ1v) is 10.5. The maximum absolute atomic E-state index is 13.0. The van der Waals surface area contributed by atoms with Crippen LogP contribution in [0.4, 0.5) is 0 Å². The Morgan fingerprint density at radius 3 is 2.12 bits per heavy atom. The fraction of sp³-hybridized carbons (Fsp3) is 0.476. The number of nitrogens with two attached hydrogens (primary N) is 3. The monoisotopic (exact) mass is 464 g/mol. The van der Waals surface area contributed by atoms with Gasteiger partial charge in [0.25, 0.3) is 0 Å². The predicted octanol–water partition coefficient (Wildman–Crippen LogP) is -2.27. The molecule has 33 heavy (non-hydrogen) atoms. The van der Waals surface area contributed by atoms with Crippen LogP contribution in [0.15, 0.2) is 30.3 Å². The van der Waals surface area contributed by atoms with E-state index in [1.807, 2.05) is 0 Å². The molecule has 1 rings (SSSR count). The summed E-state index contributed by atoms with van der Waals surface area (Å²) in [6.07, 6.45) is 1.26. The summed E-state index contributed by atoms with van der Waals surface area (Å²) in [6.45, 7) is -0.232. The van der Waals surface area contributed by atoms with E-state index >= 15 is 0 Å². The van der Waals surface area contributed by atoms with Crippen molar-refractivity contribution in [3.63, 3.8) is 0 Å². The molecule has 4 amide bonds. The molecule has 12 nitrogen and oxygen atoms in total. The third-order valence-corrected chi connectivity index (χ3v) is 4.67. The quantitative estimate of drug-likeness (QED) is 0.140. The zero-order valence-electron chi connectivity index (χ0n) is 18.3. The molecule has 0 fully saturated rings. The molecule has 0 saturated carbocycles. The Bertz CT molecular complexity index is 819. The molecule has 0 radical (unpaired) electrons. The number of hydrogen-bond acceptors (Lipinski definition) is 7. The molecule has 10 N–H and O–H groups in total. The minimum Gasteiger partial charge on any atom is -0.480 e. The van der Waals surface area contributed by atoms with E-state index in [9.17, 15) is 24.0 Å².